The van der Waals surface area contributed by atoms with E-state index in [9.17, 15) is 14.7 Å². The van der Waals surface area contributed by atoms with Gasteiger partial charge in [0.1, 0.15) is 12.7 Å². The van der Waals surface area contributed by atoms with Crippen molar-refractivity contribution in [3.8, 4) is 11.5 Å². The van der Waals surface area contributed by atoms with Gasteiger partial charge >= 0.3 is 0 Å². The molecule has 2 amide bonds. The number of aliphatic hydroxyl groups is 1. The number of carbonyl (C=O) groups excluding carboxylic acids is 2. The van der Waals surface area contributed by atoms with Crippen molar-refractivity contribution in [2.24, 2.45) is 5.73 Å². The maximum Gasteiger partial charge on any atom is 0.255 e. The maximum absolute atomic E-state index is 12.6. The van der Waals surface area contributed by atoms with Gasteiger partial charge in [0.2, 0.25) is 5.91 Å². The highest BCUT2D eigenvalue weighted by Gasteiger charge is 2.36. The fourth-order valence-corrected chi connectivity index (χ4v) is 3.58. The molecule has 1 saturated heterocycles. The summed E-state index contributed by atoms with van der Waals surface area (Å²) in [6, 6.07) is 11.5. The van der Waals surface area contributed by atoms with Gasteiger partial charge in [0.05, 0.1) is 26.9 Å². The molecule has 3 rings (SSSR count). The van der Waals surface area contributed by atoms with E-state index in [1.165, 1.54) is 14.2 Å². The Labute approximate surface area is 180 Å². The highest BCUT2D eigenvalue weighted by atomic mass is 16.5. The number of benzene rings is 2. The first-order valence-corrected chi connectivity index (χ1v) is 9.87. The molecule has 0 bridgehead atoms. The lowest BCUT2D eigenvalue weighted by molar-refractivity contribution is -0.160. The van der Waals surface area contributed by atoms with Gasteiger partial charge in [-0.05, 0) is 35.9 Å². The van der Waals surface area contributed by atoms with E-state index in [4.69, 9.17) is 19.9 Å². The van der Waals surface area contributed by atoms with Gasteiger partial charge in [0.25, 0.3) is 5.91 Å². The van der Waals surface area contributed by atoms with E-state index >= 15 is 0 Å². The van der Waals surface area contributed by atoms with Crippen LogP contribution in [0, 0.1) is 0 Å². The van der Waals surface area contributed by atoms with Gasteiger partial charge in [-0.25, -0.2) is 0 Å². The Hall–Kier alpha value is -3.14. The predicted octanol–water partition coefficient (Wildman–Crippen LogP) is 1.18. The third-order valence-corrected chi connectivity index (χ3v) is 5.16. The van der Waals surface area contributed by atoms with Crippen LogP contribution in [0.15, 0.2) is 42.5 Å². The minimum Gasteiger partial charge on any atom is -0.493 e. The zero-order chi connectivity index (χ0) is 22.4. The lowest BCUT2D eigenvalue weighted by Crippen LogP contribution is -2.54. The number of nitrogens with one attached hydrogen (secondary N) is 1. The van der Waals surface area contributed by atoms with Gasteiger partial charge in [0, 0.05) is 24.3 Å². The normalized spacial score (nSPS) is 18.6. The molecule has 1 heterocycles. The molecule has 2 aromatic rings. The van der Waals surface area contributed by atoms with Crippen molar-refractivity contribution in [2.45, 2.75) is 12.1 Å². The third-order valence-electron chi connectivity index (χ3n) is 5.16. The predicted molar refractivity (Wildman–Crippen MR) is 114 cm³/mol. The Morgan fingerprint density at radius 1 is 1.19 bits per heavy atom. The molecule has 2 aromatic carbocycles. The summed E-state index contributed by atoms with van der Waals surface area (Å²) < 4.78 is 16.1. The molecule has 166 valence electrons. The summed E-state index contributed by atoms with van der Waals surface area (Å²) in [4.78, 5) is 26.2. The Morgan fingerprint density at radius 2 is 1.90 bits per heavy atom. The zero-order valence-electron chi connectivity index (χ0n) is 17.5. The molecule has 2 atom stereocenters. The molecule has 4 N–H and O–H groups in total. The number of morpholine rings is 1. The monoisotopic (exact) mass is 429 g/mol. The summed E-state index contributed by atoms with van der Waals surface area (Å²) in [6.07, 6.45) is -0.482. The number of ether oxygens (including phenoxy) is 3. The fraction of sp³-hybridized carbons (Fsp3) is 0.364. The van der Waals surface area contributed by atoms with Crippen LogP contribution >= 0.6 is 0 Å². The van der Waals surface area contributed by atoms with Crippen LogP contribution in [0.3, 0.4) is 0 Å². The van der Waals surface area contributed by atoms with Crippen molar-refractivity contribution in [2.75, 3.05) is 45.8 Å². The minimum atomic E-state index is -0.517. The number of nitrogens with two attached hydrogens (primary N) is 1. The van der Waals surface area contributed by atoms with E-state index < -0.39 is 12.1 Å². The van der Waals surface area contributed by atoms with Crippen molar-refractivity contribution in [1.82, 2.24) is 4.90 Å². The molecule has 9 nitrogen and oxygen atoms in total. The highest BCUT2D eigenvalue weighted by Crippen LogP contribution is 2.30. The van der Waals surface area contributed by atoms with Crippen LogP contribution in [-0.2, 0) is 9.53 Å². The summed E-state index contributed by atoms with van der Waals surface area (Å²) in [5.41, 5.74) is 7.41. The summed E-state index contributed by atoms with van der Waals surface area (Å²) in [7, 11) is 3.04. The summed E-state index contributed by atoms with van der Waals surface area (Å²) in [6.45, 7) is 0.340. The lowest BCUT2D eigenvalue weighted by atomic mass is 9.99. The van der Waals surface area contributed by atoms with Gasteiger partial charge < -0.3 is 35.3 Å². The third kappa shape index (κ3) is 4.96. The lowest BCUT2D eigenvalue weighted by Gasteiger charge is -2.40. The van der Waals surface area contributed by atoms with Crippen LogP contribution in [0.25, 0.3) is 0 Å². The highest BCUT2D eigenvalue weighted by molar-refractivity contribution is 6.04. The molecular formula is C22H27N3O6. The standard InChI is InChI=1S/C22H27N3O6/c1-29-18-8-5-15(11-19(18)30-2)22(28)24-16-6-3-14(4-7-16)21-17(12-26)25(10-9-23)20(27)13-31-21/h3-8,11,17,21,26H,9-10,12-13,23H2,1-2H3,(H,24,28). The number of carbonyl (C=O) groups is 2. The molecule has 0 spiro atoms. The second-order valence-corrected chi connectivity index (χ2v) is 7.00. The number of aliphatic hydroxyl groups excluding tert-OH is 1. The molecular weight excluding hydrogens is 402 g/mol. The molecule has 2 unspecified atom stereocenters. The van der Waals surface area contributed by atoms with Gasteiger partial charge in [0.15, 0.2) is 11.5 Å². The van der Waals surface area contributed by atoms with Crippen molar-refractivity contribution in [3.63, 3.8) is 0 Å². The fourth-order valence-electron chi connectivity index (χ4n) is 3.58. The minimum absolute atomic E-state index is 0.0705. The van der Waals surface area contributed by atoms with Crippen molar-refractivity contribution in [3.05, 3.63) is 53.6 Å². The Balaban J connectivity index is 1.72. The van der Waals surface area contributed by atoms with E-state index in [0.29, 0.717) is 35.8 Å². The van der Waals surface area contributed by atoms with E-state index in [-0.39, 0.29) is 25.0 Å². The average Bonchev–Trinajstić information content (AvgIpc) is 2.80. The smallest absolute Gasteiger partial charge is 0.255 e. The van der Waals surface area contributed by atoms with Gasteiger partial charge in [-0.15, -0.1) is 0 Å². The first kappa shape index (κ1) is 22.5. The first-order chi connectivity index (χ1) is 15.0. The first-order valence-electron chi connectivity index (χ1n) is 9.87. The summed E-state index contributed by atoms with van der Waals surface area (Å²) in [5.74, 6) is 0.512. The summed E-state index contributed by atoms with van der Waals surface area (Å²) >= 11 is 0. The molecule has 0 saturated carbocycles. The van der Waals surface area contributed by atoms with E-state index in [1.54, 1.807) is 47.4 Å². The van der Waals surface area contributed by atoms with Crippen molar-refractivity contribution < 1.29 is 28.9 Å². The molecule has 0 aromatic heterocycles. The number of methoxy groups -OCH3 is 2. The number of hydrogen-bond acceptors (Lipinski definition) is 7. The quantitative estimate of drug-likeness (QED) is 0.576. The van der Waals surface area contributed by atoms with E-state index in [0.717, 1.165) is 5.56 Å². The van der Waals surface area contributed by atoms with Crippen molar-refractivity contribution in [1.29, 1.82) is 0 Å². The number of rotatable bonds is 8. The largest absolute Gasteiger partial charge is 0.493 e. The van der Waals surface area contributed by atoms with Crippen LogP contribution in [0.1, 0.15) is 22.0 Å². The van der Waals surface area contributed by atoms with Crippen molar-refractivity contribution >= 4 is 17.5 Å². The second-order valence-electron chi connectivity index (χ2n) is 7.00. The van der Waals surface area contributed by atoms with Crippen LogP contribution in [-0.4, -0.2) is 68.4 Å². The maximum atomic E-state index is 12.6. The number of nitrogens with zero attached hydrogens (tertiary/aromatic N) is 1. The molecule has 1 fully saturated rings. The van der Waals surface area contributed by atoms with Crippen LogP contribution in [0.4, 0.5) is 5.69 Å². The molecule has 1 aliphatic heterocycles. The molecule has 1 aliphatic rings. The average molecular weight is 429 g/mol. The second kappa shape index (κ2) is 10.3. The van der Waals surface area contributed by atoms with Crippen LogP contribution in [0.2, 0.25) is 0 Å². The number of anilines is 1. The SMILES string of the molecule is COc1ccc(C(=O)Nc2ccc(C3OCC(=O)N(CCN)C3CO)cc2)cc1OC. The van der Waals surface area contributed by atoms with Gasteiger partial charge in [-0.1, -0.05) is 12.1 Å². The van der Waals surface area contributed by atoms with E-state index in [1.807, 2.05) is 0 Å². The molecule has 9 heteroatoms. The number of hydrogen-bond donors (Lipinski definition) is 3. The Morgan fingerprint density at radius 3 is 2.52 bits per heavy atom. The summed E-state index contributed by atoms with van der Waals surface area (Å²) in [5, 5.41) is 12.7. The van der Waals surface area contributed by atoms with Gasteiger partial charge in [-0.3, -0.25) is 9.59 Å². The van der Waals surface area contributed by atoms with Crippen LogP contribution < -0.4 is 20.5 Å². The molecule has 0 radical (unpaired) electrons. The zero-order valence-corrected chi connectivity index (χ0v) is 17.5. The van der Waals surface area contributed by atoms with Crippen LogP contribution in [0.5, 0.6) is 11.5 Å². The van der Waals surface area contributed by atoms with E-state index in [2.05, 4.69) is 5.32 Å². The topological polar surface area (TPSA) is 123 Å². The Kier molecular flexibility index (Phi) is 7.45. The molecule has 31 heavy (non-hydrogen) atoms. The number of amides is 2. The molecule has 0 aliphatic carbocycles. The van der Waals surface area contributed by atoms with Gasteiger partial charge in [-0.2, -0.15) is 0 Å². The Bertz CT molecular complexity index is 918.